The number of fused-ring (bicyclic) bond motifs is 1. The fraction of sp³-hybridized carbons (Fsp3) is 0.250. The van der Waals surface area contributed by atoms with Gasteiger partial charge < -0.3 is 14.6 Å². The highest BCUT2D eigenvalue weighted by molar-refractivity contribution is 6.08. The average molecular weight is 324 g/mol. The lowest BCUT2D eigenvalue weighted by Crippen LogP contribution is -1.97. The molecule has 0 bridgehead atoms. The van der Waals surface area contributed by atoms with Crippen molar-refractivity contribution in [2.45, 2.75) is 20.3 Å². The van der Waals surface area contributed by atoms with E-state index in [4.69, 9.17) is 9.47 Å². The SMILES string of the molecule is Cc1cc(O)c(C(=O)C=Cc2ccc3c(c2)OCCCO3)cc1C. The third-order valence-corrected chi connectivity index (χ3v) is 4.08. The van der Waals surface area contributed by atoms with Crippen LogP contribution >= 0.6 is 0 Å². The van der Waals surface area contributed by atoms with E-state index in [0.717, 1.165) is 28.9 Å². The molecular formula is C20H20O4. The summed E-state index contributed by atoms with van der Waals surface area (Å²) in [5.41, 5.74) is 3.08. The molecule has 0 saturated heterocycles. The van der Waals surface area contributed by atoms with Gasteiger partial charge in [-0.25, -0.2) is 0 Å². The van der Waals surface area contributed by atoms with Crippen LogP contribution in [0.3, 0.4) is 0 Å². The van der Waals surface area contributed by atoms with E-state index >= 15 is 0 Å². The van der Waals surface area contributed by atoms with Crippen molar-refractivity contribution >= 4 is 11.9 Å². The number of carbonyl (C=O) groups excluding carboxylic acids is 1. The van der Waals surface area contributed by atoms with Crippen molar-refractivity contribution in [2.24, 2.45) is 0 Å². The van der Waals surface area contributed by atoms with E-state index < -0.39 is 0 Å². The predicted octanol–water partition coefficient (Wildman–Crippen LogP) is 4.07. The number of allylic oxidation sites excluding steroid dienone is 1. The molecule has 124 valence electrons. The molecule has 3 rings (SSSR count). The van der Waals surface area contributed by atoms with Crippen molar-refractivity contribution in [1.82, 2.24) is 0 Å². The van der Waals surface area contributed by atoms with E-state index in [0.29, 0.717) is 24.5 Å². The van der Waals surface area contributed by atoms with E-state index in [1.165, 1.54) is 6.08 Å². The number of ketones is 1. The first-order valence-electron chi connectivity index (χ1n) is 7.97. The van der Waals surface area contributed by atoms with E-state index in [1.54, 1.807) is 18.2 Å². The first kappa shape index (κ1) is 16.1. The number of hydrogen-bond donors (Lipinski definition) is 1. The third-order valence-electron chi connectivity index (χ3n) is 4.08. The predicted molar refractivity (Wildman–Crippen MR) is 93.0 cm³/mol. The Hall–Kier alpha value is -2.75. The monoisotopic (exact) mass is 324 g/mol. The number of phenols is 1. The van der Waals surface area contributed by atoms with Crippen LogP contribution in [-0.2, 0) is 0 Å². The molecule has 4 heteroatoms. The molecule has 2 aromatic rings. The molecule has 1 aliphatic heterocycles. The summed E-state index contributed by atoms with van der Waals surface area (Å²) in [6.45, 7) is 5.08. The van der Waals surface area contributed by atoms with E-state index in [2.05, 4.69) is 0 Å². The smallest absolute Gasteiger partial charge is 0.189 e. The van der Waals surface area contributed by atoms with Crippen LogP contribution < -0.4 is 9.47 Å². The molecule has 2 aromatic carbocycles. The molecule has 1 aliphatic rings. The number of rotatable bonds is 3. The largest absolute Gasteiger partial charge is 0.507 e. The van der Waals surface area contributed by atoms with E-state index in [1.807, 2.05) is 32.0 Å². The lowest BCUT2D eigenvalue weighted by atomic mass is 10.0. The van der Waals surface area contributed by atoms with Crippen LogP contribution in [0, 0.1) is 13.8 Å². The lowest BCUT2D eigenvalue weighted by molar-refractivity contribution is 0.104. The van der Waals surface area contributed by atoms with Gasteiger partial charge in [0, 0.05) is 6.42 Å². The van der Waals surface area contributed by atoms with Crippen LogP contribution in [0.25, 0.3) is 6.08 Å². The summed E-state index contributed by atoms with van der Waals surface area (Å²) < 4.78 is 11.2. The maximum Gasteiger partial charge on any atom is 0.189 e. The van der Waals surface area contributed by atoms with Crippen molar-refractivity contribution < 1.29 is 19.4 Å². The number of aryl methyl sites for hydroxylation is 2. The molecule has 0 fully saturated rings. The van der Waals surface area contributed by atoms with Crippen LogP contribution in [0.2, 0.25) is 0 Å². The van der Waals surface area contributed by atoms with Gasteiger partial charge in [0.2, 0.25) is 0 Å². The van der Waals surface area contributed by atoms with Gasteiger partial charge in [-0.05, 0) is 60.9 Å². The standard InChI is InChI=1S/C20H20O4/c1-13-10-16(18(22)11-14(13)2)17(21)6-4-15-5-7-19-20(12-15)24-9-3-8-23-19/h4-7,10-12,22H,3,8-9H2,1-2H3. The van der Waals surface area contributed by atoms with Gasteiger partial charge in [0.1, 0.15) is 5.75 Å². The maximum atomic E-state index is 12.3. The number of aromatic hydroxyl groups is 1. The molecule has 4 nitrogen and oxygen atoms in total. The minimum Gasteiger partial charge on any atom is -0.507 e. The highest BCUT2D eigenvalue weighted by atomic mass is 16.5. The maximum absolute atomic E-state index is 12.3. The molecular weight excluding hydrogens is 304 g/mol. The molecule has 0 aliphatic carbocycles. The van der Waals surface area contributed by atoms with Gasteiger partial charge in [0.25, 0.3) is 0 Å². The molecule has 0 amide bonds. The Morgan fingerprint density at radius 1 is 1.04 bits per heavy atom. The number of hydrogen-bond acceptors (Lipinski definition) is 4. The van der Waals surface area contributed by atoms with Crippen LogP contribution in [0.1, 0.15) is 33.5 Å². The van der Waals surface area contributed by atoms with Gasteiger partial charge in [0.15, 0.2) is 17.3 Å². The Morgan fingerprint density at radius 3 is 2.54 bits per heavy atom. The van der Waals surface area contributed by atoms with Gasteiger partial charge in [-0.1, -0.05) is 12.1 Å². The molecule has 0 spiro atoms. The van der Waals surface area contributed by atoms with Gasteiger partial charge in [0.05, 0.1) is 18.8 Å². The van der Waals surface area contributed by atoms with Crippen LogP contribution in [0.5, 0.6) is 17.2 Å². The Bertz CT molecular complexity index is 806. The van der Waals surface area contributed by atoms with Gasteiger partial charge in [-0.3, -0.25) is 4.79 Å². The van der Waals surface area contributed by atoms with E-state index in [9.17, 15) is 9.90 Å². The number of carbonyl (C=O) groups is 1. The zero-order valence-electron chi connectivity index (χ0n) is 13.8. The van der Waals surface area contributed by atoms with Crippen molar-refractivity contribution in [3.63, 3.8) is 0 Å². The zero-order valence-corrected chi connectivity index (χ0v) is 13.8. The van der Waals surface area contributed by atoms with Crippen LogP contribution in [0.15, 0.2) is 36.4 Å². The second-order valence-corrected chi connectivity index (χ2v) is 5.91. The summed E-state index contributed by atoms with van der Waals surface area (Å²) >= 11 is 0. The Labute approximate surface area is 141 Å². The molecule has 0 atom stereocenters. The first-order valence-corrected chi connectivity index (χ1v) is 7.97. The summed E-state index contributed by atoms with van der Waals surface area (Å²) in [5.74, 6) is 1.19. The normalized spacial score (nSPS) is 13.8. The van der Waals surface area contributed by atoms with Crippen molar-refractivity contribution in [1.29, 1.82) is 0 Å². The number of benzene rings is 2. The quantitative estimate of drug-likeness (QED) is 0.683. The highest BCUT2D eigenvalue weighted by Crippen LogP contribution is 2.31. The number of phenolic OH excluding ortho intramolecular Hbond substituents is 1. The zero-order chi connectivity index (χ0) is 17.1. The topological polar surface area (TPSA) is 55.8 Å². The molecule has 0 saturated carbocycles. The minimum absolute atomic E-state index is 0.00594. The second-order valence-electron chi connectivity index (χ2n) is 5.91. The average Bonchev–Trinajstić information content (AvgIpc) is 2.80. The Balaban J connectivity index is 1.82. The fourth-order valence-corrected chi connectivity index (χ4v) is 2.54. The molecule has 0 radical (unpaired) electrons. The van der Waals surface area contributed by atoms with Crippen molar-refractivity contribution in [3.05, 3.63) is 58.7 Å². The van der Waals surface area contributed by atoms with Gasteiger partial charge >= 0.3 is 0 Å². The molecule has 0 aromatic heterocycles. The summed E-state index contributed by atoms with van der Waals surface area (Å²) in [6.07, 6.45) is 4.03. The van der Waals surface area contributed by atoms with Crippen LogP contribution in [-0.4, -0.2) is 24.1 Å². The van der Waals surface area contributed by atoms with Crippen molar-refractivity contribution in [2.75, 3.05) is 13.2 Å². The highest BCUT2D eigenvalue weighted by Gasteiger charge is 2.12. The lowest BCUT2D eigenvalue weighted by Gasteiger charge is -2.07. The number of ether oxygens (including phenoxy) is 2. The van der Waals surface area contributed by atoms with Crippen molar-refractivity contribution in [3.8, 4) is 17.2 Å². The fourth-order valence-electron chi connectivity index (χ4n) is 2.54. The molecule has 1 heterocycles. The Morgan fingerprint density at radius 2 is 1.75 bits per heavy atom. The summed E-state index contributed by atoms with van der Waals surface area (Å²) in [6, 6.07) is 8.90. The summed E-state index contributed by atoms with van der Waals surface area (Å²) in [4.78, 5) is 12.3. The Kier molecular flexibility index (Phi) is 4.56. The van der Waals surface area contributed by atoms with Crippen LogP contribution in [0.4, 0.5) is 0 Å². The first-order chi connectivity index (χ1) is 11.5. The molecule has 0 unspecified atom stereocenters. The minimum atomic E-state index is -0.234. The van der Waals surface area contributed by atoms with Gasteiger partial charge in [-0.15, -0.1) is 0 Å². The molecule has 24 heavy (non-hydrogen) atoms. The van der Waals surface area contributed by atoms with E-state index in [-0.39, 0.29) is 11.5 Å². The summed E-state index contributed by atoms with van der Waals surface area (Å²) in [7, 11) is 0. The third kappa shape index (κ3) is 3.43. The summed E-state index contributed by atoms with van der Waals surface area (Å²) in [5, 5.41) is 9.98. The molecule has 1 N–H and O–H groups in total. The van der Waals surface area contributed by atoms with Gasteiger partial charge in [-0.2, -0.15) is 0 Å². The second kappa shape index (κ2) is 6.79.